The largest absolute Gasteiger partial charge is 0.490 e. The van der Waals surface area contributed by atoms with E-state index in [4.69, 9.17) is 21.7 Å². The number of carbonyl (C=O) groups excluding carboxylic acids is 3. The lowest BCUT2D eigenvalue weighted by atomic mass is 9.98. The lowest BCUT2D eigenvalue weighted by Crippen LogP contribution is -2.29. The van der Waals surface area contributed by atoms with E-state index in [0.717, 1.165) is 35.3 Å². The Labute approximate surface area is 265 Å². The number of nitrogens with zero attached hydrogens (tertiary/aromatic N) is 1. The van der Waals surface area contributed by atoms with Crippen molar-refractivity contribution in [3.63, 3.8) is 0 Å². The summed E-state index contributed by atoms with van der Waals surface area (Å²) in [6.07, 6.45) is 8.64. The van der Waals surface area contributed by atoms with E-state index in [1.54, 1.807) is 11.8 Å². The molecule has 3 aromatic rings. The van der Waals surface area contributed by atoms with Gasteiger partial charge in [0, 0.05) is 23.9 Å². The first kappa shape index (κ1) is 31.0. The summed E-state index contributed by atoms with van der Waals surface area (Å²) in [4.78, 5) is 40.9. The maximum Gasteiger partial charge on any atom is 0.341 e. The van der Waals surface area contributed by atoms with Gasteiger partial charge in [-0.2, -0.15) is 0 Å². The van der Waals surface area contributed by atoms with Crippen molar-refractivity contribution in [3.8, 4) is 16.9 Å². The molecule has 2 fully saturated rings. The van der Waals surface area contributed by atoms with Crippen LogP contribution >= 0.6 is 35.3 Å². The number of ether oxygens (including phenoxy) is 2. The van der Waals surface area contributed by atoms with E-state index in [-0.39, 0.29) is 30.9 Å². The number of thiophene rings is 1. The van der Waals surface area contributed by atoms with Crippen molar-refractivity contribution in [2.75, 3.05) is 18.5 Å². The van der Waals surface area contributed by atoms with E-state index < -0.39 is 5.97 Å². The first-order valence-electron chi connectivity index (χ1n) is 14.6. The number of nitrogens with one attached hydrogen (secondary N) is 1. The zero-order valence-electron chi connectivity index (χ0n) is 24.0. The number of benzene rings is 2. The van der Waals surface area contributed by atoms with Gasteiger partial charge in [0.25, 0.3) is 5.91 Å². The van der Waals surface area contributed by atoms with Gasteiger partial charge in [-0.1, -0.05) is 72.9 Å². The summed E-state index contributed by atoms with van der Waals surface area (Å²) in [6, 6.07) is 17.3. The highest BCUT2D eigenvalue weighted by Crippen LogP contribution is 2.37. The Bertz CT molecular complexity index is 1490. The van der Waals surface area contributed by atoms with Crippen LogP contribution in [-0.2, 0) is 14.3 Å². The second kappa shape index (κ2) is 14.8. The second-order valence-electron chi connectivity index (χ2n) is 10.4. The van der Waals surface area contributed by atoms with Crippen molar-refractivity contribution in [1.82, 2.24) is 4.90 Å². The van der Waals surface area contributed by atoms with Gasteiger partial charge in [0.1, 0.15) is 20.6 Å². The maximum atomic E-state index is 13.1. The molecule has 2 aliphatic rings. The lowest BCUT2D eigenvalue weighted by Gasteiger charge is -2.22. The van der Waals surface area contributed by atoms with Crippen LogP contribution in [0.15, 0.2) is 64.9 Å². The Kier molecular flexibility index (Phi) is 10.7. The normalized spacial score (nSPS) is 16.5. The lowest BCUT2D eigenvalue weighted by molar-refractivity contribution is -0.122. The highest BCUT2D eigenvalue weighted by atomic mass is 32.2. The summed E-state index contributed by atoms with van der Waals surface area (Å²) in [5.74, 6) is -0.0337. The molecule has 1 N–H and O–H groups in total. The Balaban J connectivity index is 1.15. The van der Waals surface area contributed by atoms with E-state index in [9.17, 15) is 14.4 Å². The zero-order valence-corrected chi connectivity index (χ0v) is 26.5. The zero-order chi connectivity index (χ0) is 30.2. The molecule has 2 amide bonds. The number of carbonyl (C=O) groups is 3. The highest BCUT2D eigenvalue weighted by Gasteiger charge is 2.32. The molecule has 1 saturated carbocycles. The van der Waals surface area contributed by atoms with Crippen LogP contribution in [0.3, 0.4) is 0 Å². The van der Waals surface area contributed by atoms with Gasteiger partial charge < -0.3 is 14.8 Å². The molecule has 5 rings (SSSR count). The number of esters is 1. The first-order chi connectivity index (χ1) is 20.9. The quantitative estimate of drug-likeness (QED) is 0.130. The fraction of sp³-hybridized carbons (Fsp3) is 0.333. The molecule has 1 aliphatic heterocycles. The van der Waals surface area contributed by atoms with Gasteiger partial charge in [-0.15, -0.1) is 11.3 Å². The predicted octanol–water partition coefficient (Wildman–Crippen LogP) is 7.92. The summed E-state index contributed by atoms with van der Waals surface area (Å²) >= 11 is 8.04. The topological polar surface area (TPSA) is 84.9 Å². The molecule has 0 unspecified atom stereocenters. The summed E-state index contributed by atoms with van der Waals surface area (Å²) in [6.45, 7) is 2.31. The monoisotopic (exact) mass is 634 g/mol. The molecule has 224 valence electrons. The Morgan fingerprint density at radius 3 is 2.53 bits per heavy atom. The predicted molar refractivity (Wildman–Crippen MR) is 177 cm³/mol. The van der Waals surface area contributed by atoms with Crippen molar-refractivity contribution in [3.05, 3.63) is 76.0 Å². The van der Waals surface area contributed by atoms with Crippen LogP contribution in [0, 0.1) is 0 Å². The number of thioether (sulfide) groups is 1. The van der Waals surface area contributed by atoms with Gasteiger partial charge in [0.15, 0.2) is 0 Å². The Morgan fingerprint density at radius 2 is 1.81 bits per heavy atom. The smallest absolute Gasteiger partial charge is 0.341 e. The molecule has 2 heterocycles. The molecule has 0 bridgehead atoms. The minimum absolute atomic E-state index is 0.159. The van der Waals surface area contributed by atoms with Crippen LogP contribution in [0.5, 0.6) is 5.75 Å². The average molecular weight is 635 g/mol. The molecule has 1 aromatic heterocycles. The van der Waals surface area contributed by atoms with Crippen LogP contribution in [0.1, 0.15) is 67.8 Å². The number of rotatable bonds is 11. The molecule has 0 spiro atoms. The van der Waals surface area contributed by atoms with E-state index >= 15 is 0 Å². The third kappa shape index (κ3) is 7.93. The van der Waals surface area contributed by atoms with E-state index in [1.165, 1.54) is 42.4 Å². The van der Waals surface area contributed by atoms with Gasteiger partial charge >= 0.3 is 5.97 Å². The Hall–Kier alpha value is -3.47. The Morgan fingerprint density at radius 1 is 1.07 bits per heavy atom. The summed E-state index contributed by atoms with van der Waals surface area (Å²) in [5.41, 5.74) is 2.84. The fourth-order valence-electron chi connectivity index (χ4n) is 5.14. The van der Waals surface area contributed by atoms with Gasteiger partial charge in [0.2, 0.25) is 5.91 Å². The molecule has 0 radical (unpaired) electrons. The number of amides is 2. The van der Waals surface area contributed by atoms with Gasteiger partial charge in [-0.25, -0.2) is 4.79 Å². The molecule has 43 heavy (non-hydrogen) atoms. The summed E-state index contributed by atoms with van der Waals surface area (Å²) in [5, 5.41) is 5.17. The fourth-order valence-corrected chi connectivity index (χ4v) is 7.42. The average Bonchev–Trinajstić information content (AvgIpc) is 3.55. The van der Waals surface area contributed by atoms with Crippen LogP contribution < -0.4 is 10.1 Å². The summed E-state index contributed by atoms with van der Waals surface area (Å²) < 4.78 is 11.9. The van der Waals surface area contributed by atoms with Gasteiger partial charge in [-0.3, -0.25) is 14.5 Å². The molecule has 7 nitrogen and oxygen atoms in total. The van der Waals surface area contributed by atoms with E-state index in [0.29, 0.717) is 32.8 Å². The minimum atomic E-state index is -0.478. The highest BCUT2D eigenvalue weighted by molar-refractivity contribution is 8.26. The number of thiocarbonyl (C=S) groups is 1. The van der Waals surface area contributed by atoms with Crippen LogP contribution in [0.4, 0.5) is 5.00 Å². The van der Waals surface area contributed by atoms with Gasteiger partial charge in [0.05, 0.1) is 17.6 Å². The maximum absolute atomic E-state index is 13.1. The standard InChI is InChI=1S/C33H34N2O5S3/c1-2-39-32(38)29-26(23-10-5-3-6-11-23)21-42-30(29)34-28(36)14-9-19-35-31(37)27(43-33(35)41)20-22-15-17-25(18-16-22)40-24-12-7-4-8-13-24/h3,5-6,10-11,15-18,20-21,24H,2,4,7-9,12-14,19H2,1H3,(H,34,36)/b27-20-. The third-order valence-electron chi connectivity index (χ3n) is 7.30. The van der Waals surface area contributed by atoms with Crippen molar-refractivity contribution in [1.29, 1.82) is 0 Å². The number of hydrogen-bond acceptors (Lipinski definition) is 8. The molecular weight excluding hydrogens is 601 g/mol. The van der Waals surface area contributed by atoms with Crippen LogP contribution in [0.2, 0.25) is 0 Å². The second-order valence-corrected chi connectivity index (χ2v) is 12.9. The third-order valence-corrected chi connectivity index (χ3v) is 9.57. The molecule has 1 saturated heterocycles. The summed E-state index contributed by atoms with van der Waals surface area (Å²) in [7, 11) is 0. The number of anilines is 1. The molecule has 1 aliphatic carbocycles. The molecule has 2 aromatic carbocycles. The van der Waals surface area contributed by atoms with Crippen molar-refractivity contribution in [2.45, 2.75) is 58.0 Å². The number of hydrogen-bond donors (Lipinski definition) is 1. The van der Waals surface area contributed by atoms with Gasteiger partial charge in [-0.05, 0) is 68.4 Å². The molecule has 0 atom stereocenters. The van der Waals surface area contributed by atoms with Crippen LogP contribution in [0.25, 0.3) is 17.2 Å². The van der Waals surface area contributed by atoms with Crippen LogP contribution in [-0.4, -0.2) is 46.3 Å². The van der Waals surface area contributed by atoms with E-state index in [2.05, 4.69) is 5.32 Å². The first-order valence-corrected chi connectivity index (χ1v) is 16.7. The van der Waals surface area contributed by atoms with E-state index in [1.807, 2.05) is 66.1 Å². The van der Waals surface area contributed by atoms with Crippen molar-refractivity contribution >= 4 is 68.5 Å². The SMILES string of the molecule is CCOC(=O)c1c(-c2ccccc2)csc1NC(=O)CCCN1C(=O)/C(=C/c2ccc(OC3CCCCC3)cc2)SC1=S. The molecular formula is C33H34N2O5S3. The minimum Gasteiger partial charge on any atom is -0.490 e. The molecule has 10 heteroatoms. The van der Waals surface area contributed by atoms with Crippen molar-refractivity contribution < 1.29 is 23.9 Å². The van der Waals surface area contributed by atoms with Crippen molar-refractivity contribution in [2.24, 2.45) is 0 Å².